The van der Waals surface area contributed by atoms with Gasteiger partial charge >= 0.3 is 12.1 Å². The molecule has 0 bridgehead atoms. The smallest absolute Gasteiger partial charge is 0.431 e. The van der Waals surface area contributed by atoms with E-state index in [-0.39, 0.29) is 6.42 Å². The molecule has 0 unspecified atom stereocenters. The summed E-state index contributed by atoms with van der Waals surface area (Å²) in [5, 5.41) is 10.8. The summed E-state index contributed by atoms with van der Waals surface area (Å²) in [6.45, 7) is 1.50. The van der Waals surface area contributed by atoms with Crippen molar-refractivity contribution in [3.63, 3.8) is 0 Å². The van der Waals surface area contributed by atoms with E-state index in [2.05, 4.69) is 0 Å². The number of pyridine rings is 1. The van der Waals surface area contributed by atoms with Crippen LogP contribution in [0, 0.1) is 0 Å². The first-order chi connectivity index (χ1) is 9.16. The molecule has 0 fully saturated rings. The quantitative estimate of drug-likeness (QED) is 0.770. The standard InChI is InChI=1S/C11H11F3N2O4/c1-2-6(10(19)20)15-8(17)5-3-4-7(11(12,13)14)16-9(5)18/h3-4,6H,2H2,1H3,(H,15,17)(H,16,18)(H,19,20)/t6-/m1/s1. The number of hydrogen-bond donors (Lipinski definition) is 3. The molecule has 3 N–H and O–H groups in total. The summed E-state index contributed by atoms with van der Waals surface area (Å²) in [6, 6.07) is 0.0213. The molecule has 0 aliphatic carbocycles. The van der Waals surface area contributed by atoms with Crippen molar-refractivity contribution in [1.29, 1.82) is 0 Å². The number of halogens is 3. The van der Waals surface area contributed by atoms with E-state index in [1.54, 1.807) is 0 Å². The molecular weight excluding hydrogens is 281 g/mol. The Morgan fingerprint density at radius 1 is 1.40 bits per heavy atom. The van der Waals surface area contributed by atoms with Gasteiger partial charge in [0.05, 0.1) is 0 Å². The molecule has 0 spiro atoms. The molecular formula is C11H11F3N2O4. The molecule has 0 saturated heterocycles. The number of carbonyl (C=O) groups is 2. The topological polar surface area (TPSA) is 99.3 Å². The number of nitrogens with one attached hydrogen (secondary N) is 2. The lowest BCUT2D eigenvalue weighted by Gasteiger charge is -2.12. The number of aromatic nitrogens is 1. The van der Waals surface area contributed by atoms with E-state index in [0.717, 1.165) is 0 Å². The van der Waals surface area contributed by atoms with E-state index in [1.807, 2.05) is 5.32 Å². The predicted molar refractivity (Wildman–Crippen MR) is 61.2 cm³/mol. The molecule has 110 valence electrons. The molecule has 1 amide bonds. The fraction of sp³-hybridized carbons (Fsp3) is 0.364. The lowest BCUT2D eigenvalue weighted by Crippen LogP contribution is -2.42. The number of hydrogen-bond acceptors (Lipinski definition) is 3. The van der Waals surface area contributed by atoms with Crippen LogP contribution in [0.4, 0.5) is 13.2 Å². The van der Waals surface area contributed by atoms with Gasteiger partial charge in [0.25, 0.3) is 11.5 Å². The summed E-state index contributed by atoms with van der Waals surface area (Å²) >= 11 is 0. The molecule has 1 heterocycles. The zero-order chi connectivity index (χ0) is 15.5. The van der Waals surface area contributed by atoms with Gasteiger partial charge in [0.2, 0.25) is 0 Å². The third-order valence-corrected chi connectivity index (χ3v) is 2.47. The molecule has 20 heavy (non-hydrogen) atoms. The van der Waals surface area contributed by atoms with Gasteiger partial charge in [-0.15, -0.1) is 0 Å². The molecule has 1 aromatic heterocycles. The fourth-order valence-corrected chi connectivity index (χ4v) is 1.39. The Morgan fingerprint density at radius 2 is 2.00 bits per heavy atom. The molecule has 0 saturated carbocycles. The monoisotopic (exact) mass is 292 g/mol. The number of carbonyl (C=O) groups excluding carboxylic acids is 1. The third-order valence-electron chi connectivity index (χ3n) is 2.47. The Morgan fingerprint density at radius 3 is 2.40 bits per heavy atom. The Labute approximate surface area is 110 Å². The van der Waals surface area contributed by atoms with Gasteiger partial charge in [-0.25, -0.2) is 4.79 Å². The third kappa shape index (κ3) is 3.59. The minimum Gasteiger partial charge on any atom is -0.480 e. The maximum Gasteiger partial charge on any atom is 0.431 e. The van der Waals surface area contributed by atoms with Crippen molar-refractivity contribution in [3.8, 4) is 0 Å². The van der Waals surface area contributed by atoms with E-state index in [9.17, 15) is 27.6 Å². The maximum atomic E-state index is 12.3. The normalized spacial score (nSPS) is 12.8. The van der Waals surface area contributed by atoms with Crippen molar-refractivity contribution in [1.82, 2.24) is 10.3 Å². The number of carboxylic acid groups (broad SMARTS) is 1. The van der Waals surface area contributed by atoms with Crippen molar-refractivity contribution in [2.24, 2.45) is 0 Å². The highest BCUT2D eigenvalue weighted by molar-refractivity contribution is 5.96. The number of H-pyrrole nitrogens is 1. The van der Waals surface area contributed by atoms with Crippen LogP contribution >= 0.6 is 0 Å². The van der Waals surface area contributed by atoms with E-state index in [4.69, 9.17) is 5.11 Å². The van der Waals surface area contributed by atoms with Crippen LogP contribution in [0.3, 0.4) is 0 Å². The van der Waals surface area contributed by atoms with Crippen molar-refractivity contribution in [3.05, 3.63) is 33.7 Å². The van der Waals surface area contributed by atoms with Crippen LogP contribution in [0.5, 0.6) is 0 Å². The van der Waals surface area contributed by atoms with Crippen LogP contribution in [0.1, 0.15) is 29.4 Å². The highest BCUT2D eigenvalue weighted by atomic mass is 19.4. The predicted octanol–water partition coefficient (Wildman–Crippen LogP) is 0.987. The first-order valence-corrected chi connectivity index (χ1v) is 5.51. The van der Waals surface area contributed by atoms with Crippen LogP contribution in [-0.4, -0.2) is 28.0 Å². The van der Waals surface area contributed by atoms with Gasteiger partial charge in [0.15, 0.2) is 0 Å². The van der Waals surface area contributed by atoms with Gasteiger partial charge in [-0.3, -0.25) is 9.59 Å². The average molecular weight is 292 g/mol. The fourth-order valence-electron chi connectivity index (χ4n) is 1.39. The van der Waals surface area contributed by atoms with Gasteiger partial charge in [0, 0.05) is 0 Å². The summed E-state index contributed by atoms with van der Waals surface area (Å²) in [7, 11) is 0. The number of carboxylic acids is 1. The van der Waals surface area contributed by atoms with Crippen LogP contribution in [0.2, 0.25) is 0 Å². The molecule has 0 aromatic carbocycles. The summed E-state index contributed by atoms with van der Waals surface area (Å²) in [4.78, 5) is 35.3. The first kappa shape index (κ1) is 15.7. The van der Waals surface area contributed by atoms with E-state index >= 15 is 0 Å². The lowest BCUT2D eigenvalue weighted by atomic mass is 10.2. The second kappa shape index (κ2) is 5.76. The van der Waals surface area contributed by atoms with Crippen LogP contribution in [0.15, 0.2) is 16.9 Å². The zero-order valence-electron chi connectivity index (χ0n) is 10.2. The molecule has 9 heteroatoms. The number of rotatable bonds is 4. The minimum atomic E-state index is -4.73. The summed E-state index contributed by atoms with van der Waals surface area (Å²) < 4.78 is 37.0. The van der Waals surface area contributed by atoms with Gasteiger partial charge in [-0.05, 0) is 18.6 Å². The van der Waals surface area contributed by atoms with Crippen LogP contribution in [0.25, 0.3) is 0 Å². The summed E-state index contributed by atoms with van der Waals surface area (Å²) in [6.07, 6.45) is -4.67. The van der Waals surface area contributed by atoms with Crippen LogP contribution < -0.4 is 10.9 Å². The van der Waals surface area contributed by atoms with Gasteiger partial charge < -0.3 is 15.4 Å². The molecule has 1 aromatic rings. The average Bonchev–Trinajstić information content (AvgIpc) is 2.33. The molecule has 0 aliphatic rings. The largest absolute Gasteiger partial charge is 0.480 e. The van der Waals surface area contributed by atoms with Crippen molar-refractivity contribution in [2.45, 2.75) is 25.6 Å². The number of aliphatic carboxylic acids is 1. The first-order valence-electron chi connectivity index (χ1n) is 5.51. The van der Waals surface area contributed by atoms with Gasteiger partial charge in [0.1, 0.15) is 17.3 Å². The maximum absolute atomic E-state index is 12.3. The van der Waals surface area contributed by atoms with Gasteiger partial charge in [-0.1, -0.05) is 6.92 Å². The molecule has 0 radical (unpaired) electrons. The SMILES string of the molecule is CC[C@@H](NC(=O)c1ccc(C(F)(F)F)[nH]c1=O)C(=O)O. The summed E-state index contributed by atoms with van der Waals surface area (Å²) in [5.74, 6) is -2.35. The molecule has 1 rings (SSSR count). The number of aromatic amines is 1. The van der Waals surface area contributed by atoms with E-state index < -0.39 is 40.9 Å². The van der Waals surface area contributed by atoms with Crippen molar-refractivity contribution < 1.29 is 27.9 Å². The molecule has 6 nitrogen and oxygen atoms in total. The molecule has 0 aliphatic heterocycles. The Bertz CT molecular complexity index is 580. The highest BCUT2D eigenvalue weighted by Gasteiger charge is 2.32. The van der Waals surface area contributed by atoms with Crippen molar-refractivity contribution in [2.75, 3.05) is 0 Å². The second-order valence-corrected chi connectivity index (χ2v) is 3.89. The van der Waals surface area contributed by atoms with E-state index in [0.29, 0.717) is 12.1 Å². The van der Waals surface area contributed by atoms with Crippen LogP contribution in [-0.2, 0) is 11.0 Å². The second-order valence-electron chi connectivity index (χ2n) is 3.89. The molecule has 1 atom stereocenters. The van der Waals surface area contributed by atoms with Crippen molar-refractivity contribution >= 4 is 11.9 Å². The Hall–Kier alpha value is -2.32. The van der Waals surface area contributed by atoms with E-state index in [1.165, 1.54) is 11.9 Å². The highest BCUT2D eigenvalue weighted by Crippen LogP contribution is 2.26. The zero-order valence-corrected chi connectivity index (χ0v) is 10.2. The minimum absolute atomic E-state index is 0.0691. The number of alkyl halides is 3. The Kier molecular flexibility index (Phi) is 4.53. The lowest BCUT2D eigenvalue weighted by molar-refractivity contribution is -0.141. The van der Waals surface area contributed by atoms with Gasteiger partial charge in [-0.2, -0.15) is 13.2 Å². The Balaban J connectivity index is 3.01. The number of amides is 1. The summed E-state index contributed by atoms with van der Waals surface area (Å²) in [5.41, 5.74) is -3.11.